The summed E-state index contributed by atoms with van der Waals surface area (Å²) >= 11 is 0. The largest absolute Gasteiger partial charge is 0.488 e. The number of ether oxygens (including phenoxy) is 2. The zero-order valence-electron chi connectivity index (χ0n) is 15.0. The quantitative estimate of drug-likeness (QED) is 0.907. The molecule has 0 saturated heterocycles. The summed E-state index contributed by atoms with van der Waals surface area (Å²) in [4.78, 5) is 11.9. The van der Waals surface area contributed by atoms with Crippen LogP contribution in [0.3, 0.4) is 0 Å². The van der Waals surface area contributed by atoms with Crippen molar-refractivity contribution in [3.8, 4) is 11.5 Å². The van der Waals surface area contributed by atoms with E-state index in [-0.39, 0.29) is 24.0 Å². The predicted octanol–water partition coefficient (Wildman–Crippen LogP) is 3.48. The van der Waals surface area contributed by atoms with Crippen LogP contribution in [0.1, 0.15) is 31.9 Å². The van der Waals surface area contributed by atoms with E-state index in [1.807, 2.05) is 36.4 Å². The summed E-state index contributed by atoms with van der Waals surface area (Å²) in [5.74, 6) is 1.48. The summed E-state index contributed by atoms with van der Waals surface area (Å²) in [6.45, 7) is 7.10. The second kappa shape index (κ2) is 7.18. The number of fused-ring (bicyclic) bond motifs is 1. The van der Waals surface area contributed by atoms with Gasteiger partial charge in [0.05, 0.1) is 6.54 Å². The molecule has 2 aromatic rings. The van der Waals surface area contributed by atoms with Crippen LogP contribution < -0.4 is 14.8 Å². The molecule has 1 heterocycles. The summed E-state index contributed by atoms with van der Waals surface area (Å²) in [6.07, 6.45) is 0.796. The number of nitrogens with one attached hydrogen (secondary N) is 1. The molecule has 3 rings (SSSR count). The van der Waals surface area contributed by atoms with Gasteiger partial charge in [0.25, 0.3) is 5.91 Å². The van der Waals surface area contributed by atoms with Crippen molar-refractivity contribution >= 4 is 5.91 Å². The SMILES string of the molecule is CC(C)(C)c1ccc2c(c1)CC(CNC(=O)COc1ccccc1)O2. The van der Waals surface area contributed by atoms with Gasteiger partial charge in [0.15, 0.2) is 6.61 Å². The standard InChI is InChI=1S/C21H25NO3/c1-21(2,3)16-9-10-19-15(11-16)12-18(25-19)13-22-20(23)14-24-17-7-5-4-6-8-17/h4-11,18H,12-14H2,1-3H3,(H,22,23). The van der Waals surface area contributed by atoms with Crippen molar-refractivity contribution in [3.63, 3.8) is 0 Å². The lowest BCUT2D eigenvalue weighted by atomic mass is 9.86. The maximum Gasteiger partial charge on any atom is 0.258 e. The maximum atomic E-state index is 11.9. The second-order valence-corrected chi connectivity index (χ2v) is 7.42. The molecule has 1 aliphatic heterocycles. The Balaban J connectivity index is 1.47. The number of hydrogen-bond donors (Lipinski definition) is 1. The Kier molecular flexibility index (Phi) is 4.98. The fraction of sp³-hybridized carbons (Fsp3) is 0.381. The van der Waals surface area contributed by atoms with Gasteiger partial charge in [0.1, 0.15) is 17.6 Å². The molecule has 0 aromatic heterocycles. The molecule has 0 aliphatic carbocycles. The van der Waals surface area contributed by atoms with Crippen molar-refractivity contribution in [2.24, 2.45) is 0 Å². The minimum atomic E-state index is -0.140. The third kappa shape index (κ3) is 4.53. The van der Waals surface area contributed by atoms with Crippen LogP contribution in [0.5, 0.6) is 11.5 Å². The maximum absolute atomic E-state index is 11.9. The number of amides is 1. The van der Waals surface area contributed by atoms with Crippen molar-refractivity contribution in [2.75, 3.05) is 13.2 Å². The minimum absolute atomic E-state index is 0.0118. The average molecular weight is 339 g/mol. The first-order chi connectivity index (χ1) is 11.9. The first-order valence-electron chi connectivity index (χ1n) is 8.66. The molecule has 2 aromatic carbocycles. The number of carbonyl (C=O) groups is 1. The normalized spacial score (nSPS) is 16.0. The molecule has 1 aliphatic rings. The lowest BCUT2D eigenvalue weighted by molar-refractivity contribution is -0.123. The fourth-order valence-corrected chi connectivity index (χ4v) is 2.85. The summed E-state index contributed by atoms with van der Waals surface area (Å²) in [7, 11) is 0. The molecular weight excluding hydrogens is 314 g/mol. The molecule has 0 radical (unpaired) electrons. The summed E-state index contributed by atoms with van der Waals surface area (Å²) in [5.41, 5.74) is 2.64. The highest BCUT2D eigenvalue weighted by molar-refractivity contribution is 5.77. The van der Waals surface area contributed by atoms with Gasteiger partial charge in [-0.1, -0.05) is 51.1 Å². The van der Waals surface area contributed by atoms with Gasteiger partial charge in [-0.3, -0.25) is 4.79 Å². The van der Waals surface area contributed by atoms with E-state index in [0.717, 1.165) is 12.2 Å². The van der Waals surface area contributed by atoms with Crippen LogP contribution in [0.15, 0.2) is 48.5 Å². The van der Waals surface area contributed by atoms with Crippen molar-refractivity contribution < 1.29 is 14.3 Å². The molecule has 132 valence electrons. The molecular formula is C21H25NO3. The van der Waals surface area contributed by atoms with Gasteiger partial charge < -0.3 is 14.8 Å². The van der Waals surface area contributed by atoms with Crippen molar-refractivity contribution in [3.05, 3.63) is 59.7 Å². The Morgan fingerprint density at radius 3 is 2.68 bits per heavy atom. The zero-order valence-corrected chi connectivity index (χ0v) is 15.0. The molecule has 1 unspecified atom stereocenters. The predicted molar refractivity (Wildman–Crippen MR) is 98.2 cm³/mol. The zero-order chi connectivity index (χ0) is 17.9. The lowest BCUT2D eigenvalue weighted by Crippen LogP contribution is -2.37. The number of carbonyl (C=O) groups excluding carboxylic acids is 1. The summed E-state index contributed by atoms with van der Waals surface area (Å²) in [5, 5.41) is 2.89. The first kappa shape index (κ1) is 17.3. The Morgan fingerprint density at radius 1 is 1.20 bits per heavy atom. The Morgan fingerprint density at radius 2 is 1.96 bits per heavy atom. The smallest absolute Gasteiger partial charge is 0.258 e. The van der Waals surface area contributed by atoms with E-state index in [9.17, 15) is 4.79 Å². The van der Waals surface area contributed by atoms with E-state index in [0.29, 0.717) is 12.3 Å². The highest BCUT2D eigenvalue weighted by atomic mass is 16.5. The Labute approximate surface area is 149 Å². The van der Waals surface area contributed by atoms with Crippen LogP contribution in [0, 0.1) is 0 Å². The topological polar surface area (TPSA) is 47.6 Å². The van der Waals surface area contributed by atoms with Gasteiger partial charge in [-0.25, -0.2) is 0 Å². The summed E-state index contributed by atoms with van der Waals surface area (Å²) < 4.78 is 11.4. The van der Waals surface area contributed by atoms with Crippen LogP contribution in [0.25, 0.3) is 0 Å². The van der Waals surface area contributed by atoms with E-state index in [1.54, 1.807) is 0 Å². The van der Waals surface area contributed by atoms with Crippen molar-refractivity contribution in [1.29, 1.82) is 0 Å². The van der Waals surface area contributed by atoms with Crippen LogP contribution >= 0.6 is 0 Å². The Bertz CT molecular complexity index is 735. The van der Waals surface area contributed by atoms with Gasteiger partial charge >= 0.3 is 0 Å². The van der Waals surface area contributed by atoms with E-state index in [4.69, 9.17) is 9.47 Å². The second-order valence-electron chi connectivity index (χ2n) is 7.42. The number of benzene rings is 2. The van der Waals surface area contributed by atoms with Gasteiger partial charge in [0.2, 0.25) is 0 Å². The summed E-state index contributed by atoms with van der Waals surface area (Å²) in [6, 6.07) is 15.7. The van der Waals surface area contributed by atoms with Crippen LogP contribution in [0.4, 0.5) is 0 Å². The lowest BCUT2D eigenvalue weighted by Gasteiger charge is -2.19. The highest BCUT2D eigenvalue weighted by Gasteiger charge is 2.25. The molecule has 1 atom stereocenters. The van der Waals surface area contributed by atoms with Crippen LogP contribution in [-0.2, 0) is 16.6 Å². The third-order valence-corrected chi connectivity index (χ3v) is 4.31. The minimum Gasteiger partial charge on any atom is -0.488 e. The molecule has 1 amide bonds. The van der Waals surface area contributed by atoms with Gasteiger partial charge in [-0.05, 0) is 34.7 Å². The van der Waals surface area contributed by atoms with E-state index < -0.39 is 0 Å². The molecule has 1 N–H and O–H groups in total. The number of para-hydroxylation sites is 1. The molecule has 4 heteroatoms. The average Bonchev–Trinajstić information content (AvgIpc) is 3.00. The molecule has 4 nitrogen and oxygen atoms in total. The number of rotatable bonds is 5. The first-order valence-corrected chi connectivity index (χ1v) is 8.66. The van der Waals surface area contributed by atoms with Crippen LogP contribution in [-0.4, -0.2) is 25.2 Å². The molecule has 0 saturated carbocycles. The highest BCUT2D eigenvalue weighted by Crippen LogP contribution is 2.33. The molecule has 0 bridgehead atoms. The van der Waals surface area contributed by atoms with Gasteiger partial charge in [0, 0.05) is 6.42 Å². The van der Waals surface area contributed by atoms with Crippen molar-refractivity contribution in [1.82, 2.24) is 5.32 Å². The Hall–Kier alpha value is -2.49. The molecule has 25 heavy (non-hydrogen) atoms. The van der Waals surface area contributed by atoms with Gasteiger partial charge in [-0.15, -0.1) is 0 Å². The van der Waals surface area contributed by atoms with E-state index >= 15 is 0 Å². The molecule has 0 spiro atoms. The van der Waals surface area contributed by atoms with E-state index in [1.165, 1.54) is 11.1 Å². The molecule has 0 fully saturated rings. The fourth-order valence-electron chi connectivity index (χ4n) is 2.85. The third-order valence-electron chi connectivity index (χ3n) is 4.31. The monoisotopic (exact) mass is 339 g/mol. The van der Waals surface area contributed by atoms with E-state index in [2.05, 4.69) is 38.2 Å². The van der Waals surface area contributed by atoms with Crippen LogP contribution in [0.2, 0.25) is 0 Å². The van der Waals surface area contributed by atoms with Gasteiger partial charge in [-0.2, -0.15) is 0 Å². The van der Waals surface area contributed by atoms with Crippen molar-refractivity contribution in [2.45, 2.75) is 38.7 Å². The number of hydrogen-bond acceptors (Lipinski definition) is 3.